The van der Waals surface area contributed by atoms with Gasteiger partial charge in [0.1, 0.15) is 11.4 Å². The Morgan fingerprint density at radius 2 is 2.05 bits per heavy atom. The number of aromatic carboxylic acids is 1. The Kier molecular flexibility index (Phi) is 6.42. The number of carbonyl (C=O) groups excluding carboxylic acids is 1. The number of carbonyl (C=O) groups is 2. The molecule has 0 spiro atoms. The van der Waals surface area contributed by atoms with Crippen molar-refractivity contribution >= 4 is 29.5 Å². The van der Waals surface area contributed by atoms with Gasteiger partial charge >= 0.3 is 12.1 Å². The highest BCUT2D eigenvalue weighted by Gasteiger charge is 2.15. The Hall–Kier alpha value is -2.02. The number of carboxylic acid groups (broad SMARTS) is 1. The highest BCUT2D eigenvalue weighted by Crippen LogP contribution is 2.17. The second-order valence-corrected chi connectivity index (χ2v) is 5.97. The van der Waals surface area contributed by atoms with Gasteiger partial charge in [0.15, 0.2) is 0 Å². The molecule has 1 aromatic rings. The number of hydrogen-bond acceptors (Lipinski definition) is 5. The molecule has 0 bridgehead atoms. The van der Waals surface area contributed by atoms with Crippen LogP contribution in [-0.2, 0) is 4.74 Å². The minimum absolute atomic E-state index is 0.00829. The van der Waals surface area contributed by atoms with E-state index in [-0.39, 0.29) is 10.6 Å². The molecule has 3 N–H and O–H groups in total. The number of halogens is 1. The van der Waals surface area contributed by atoms with Gasteiger partial charge in [-0.1, -0.05) is 11.6 Å². The van der Waals surface area contributed by atoms with Crippen molar-refractivity contribution in [1.82, 2.24) is 10.3 Å². The lowest BCUT2D eigenvalue weighted by Gasteiger charge is -2.19. The summed E-state index contributed by atoms with van der Waals surface area (Å²) in [5.41, 5.74) is -0.533. The van der Waals surface area contributed by atoms with Gasteiger partial charge in [0.2, 0.25) is 0 Å². The molecular weight excluding hydrogens is 310 g/mol. The van der Waals surface area contributed by atoms with Crippen molar-refractivity contribution in [2.75, 3.05) is 18.4 Å². The van der Waals surface area contributed by atoms with E-state index in [9.17, 15) is 9.59 Å². The molecule has 0 unspecified atom stereocenters. The molecule has 0 aliphatic carbocycles. The van der Waals surface area contributed by atoms with Crippen molar-refractivity contribution < 1.29 is 19.4 Å². The number of nitrogens with one attached hydrogen (secondary N) is 2. The zero-order chi connectivity index (χ0) is 16.8. The maximum atomic E-state index is 11.4. The molecule has 0 radical (unpaired) electrons. The predicted octanol–water partition coefficient (Wildman–Crippen LogP) is 2.76. The Morgan fingerprint density at radius 1 is 1.36 bits per heavy atom. The molecule has 1 amide bonds. The van der Waals surface area contributed by atoms with E-state index < -0.39 is 17.7 Å². The fraction of sp³-hybridized carbons (Fsp3) is 0.500. The third-order valence-electron chi connectivity index (χ3n) is 2.41. The average Bonchev–Trinajstić information content (AvgIpc) is 2.37. The monoisotopic (exact) mass is 329 g/mol. The first-order chi connectivity index (χ1) is 10.2. The minimum Gasteiger partial charge on any atom is -0.478 e. The Morgan fingerprint density at radius 3 is 2.64 bits per heavy atom. The Bertz CT molecular complexity index is 543. The molecule has 1 rings (SSSR count). The van der Waals surface area contributed by atoms with Crippen LogP contribution in [0.15, 0.2) is 12.3 Å². The predicted molar refractivity (Wildman–Crippen MR) is 83.5 cm³/mol. The van der Waals surface area contributed by atoms with Crippen molar-refractivity contribution in [3.8, 4) is 0 Å². The van der Waals surface area contributed by atoms with Gasteiger partial charge in [-0.3, -0.25) is 0 Å². The molecule has 0 atom stereocenters. The van der Waals surface area contributed by atoms with Crippen molar-refractivity contribution in [1.29, 1.82) is 0 Å². The van der Waals surface area contributed by atoms with Crippen LogP contribution in [0.4, 0.5) is 10.6 Å². The quantitative estimate of drug-likeness (QED) is 0.694. The number of anilines is 1. The summed E-state index contributed by atoms with van der Waals surface area (Å²) in [6.45, 7) is 6.33. The fourth-order valence-corrected chi connectivity index (χ4v) is 1.69. The van der Waals surface area contributed by atoms with E-state index in [1.807, 2.05) is 0 Å². The van der Waals surface area contributed by atoms with Crippen molar-refractivity contribution in [3.63, 3.8) is 0 Å². The number of nitrogens with zero attached hydrogens (tertiary/aromatic N) is 1. The van der Waals surface area contributed by atoms with E-state index in [0.29, 0.717) is 25.3 Å². The Balaban J connectivity index is 2.32. The smallest absolute Gasteiger partial charge is 0.407 e. The van der Waals surface area contributed by atoms with Crippen LogP contribution < -0.4 is 10.6 Å². The first-order valence-corrected chi connectivity index (χ1v) is 7.16. The fourth-order valence-electron chi connectivity index (χ4n) is 1.51. The van der Waals surface area contributed by atoms with Gasteiger partial charge in [-0.25, -0.2) is 14.6 Å². The van der Waals surface area contributed by atoms with Gasteiger partial charge in [-0.15, -0.1) is 0 Å². The van der Waals surface area contributed by atoms with Gasteiger partial charge in [-0.2, -0.15) is 0 Å². The maximum absolute atomic E-state index is 11.4. The maximum Gasteiger partial charge on any atom is 0.407 e. The van der Waals surface area contributed by atoms with Crippen LogP contribution in [0, 0.1) is 0 Å². The van der Waals surface area contributed by atoms with Crippen molar-refractivity contribution in [3.05, 3.63) is 22.8 Å². The number of aromatic nitrogens is 1. The molecule has 0 saturated heterocycles. The summed E-state index contributed by atoms with van der Waals surface area (Å²) >= 11 is 5.73. The third kappa shape index (κ3) is 6.62. The van der Waals surface area contributed by atoms with Gasteiger partial charge < -0.3 is 20.5 Å². The van der Waals surface area contributed by atoms with E-state index in [0.717, 1.165) is 0 Å². The lowest BCUT2D eigenvalue weighted by atomic mass is 10.2. The average molecular weight is 330 g/mol. The zero-order valence-corrected chi connectivity index (χ0v) is 13.5. The normalized spacial score (nSPS) is 10.9. The Labute approximate surface area is 134 Å². The number of ether oxygens (including phenoxy) is 1. The molecule has 0 fully saturated rings. The first kappa shape index (κ1) is 18.0. The van der Waals surface area contributed by atoms with E-state index in [1.54, 1.807) is 20.8 Å². The molecule has 22 heavy (non-hydrogen) atoms. The number of carboxylic acids is 1. The van der Waals surface area contributed by atoms with Gasteiger partial charge in [0.25, 0.3) is 0 Å². The first-order valence-electron chi connectivity index (χ1n) is 6.78. The topological polar surface area (TPSA) is 101 Å². The molecule has 8 heteroatoms. The number of amides is 1. The van der Waals surface area contributed by atoms with Crippen LogP contribution in [0.5, 0.6) is 0 Å². The zero-order valence-electron chi connectivity index (χ0n) is 12.8. The van der Waals surface area contributed by atoms with E-state index in [1.165, 1.54) is 12.3 Å². The number of alkyl carbamates (subject to hydrolysis) is 1. The minimum atomic E-state index is -1.11. The van der Waals surface area contributed by atoms with E-state index in [4.69, 9.17) is 21.4 Å². The van der Waals surface area contributed by atoms with E-state index in [2.05, 4.69) is 15.6 Å². The molecule has 122 valence electrons. The molecule has 0 aliphatic rings. The number of pyridine rings is 1. The summed E-state index contributed by atoms with van der Waals surface area (Å²) in [6.07, 6.45) is 1.45. The lowest BCUT2D eigenvalue weighted by molar-refractivity contribution is 0.0527. The summed E-state index contributed by atoms with van der Waals surface area (Å²) in [5, 5.41) is 14.6. The van der Waals surface area contributed by atoms with Crippen LogP contribution in [-0.4, -0.2) is 40.8 Å². The van der Waals surface area contributed by atoms with Crippen LogP contribution in [0.25, 0.3) is 0 Å². The molecule has 7 nitrogen and oxygen atoms in total. The summed E-state index contributed by atoms with van der Waals surface area (Å²) in [6, 6.07) is 1.37. The molecule has 1 aromatic heterocycles. The number of hydrogen-bond donors (Lipinski definition) is 3. The lowest BCUT2D eigenvalue weighted by Crippen LogP contribution is -2.33. The second-order valence-electron chi connectivity index (χ2n) is 5.56. The second kappa shape index (κ2) is 7.84. The summed E-state index contributed by atoms with van der Waals surface area (Å²) < 4.78 is 5.10. The van der Waals surface area contributed by atoms with Gasteiger partial charge in [-0.05, 0) is 33.3 Å². The molecule has 0 saturated carbocycles. The summed E-state index contributed by atoms with van der Waals surface area (Å²) in [5.74, 6) is -0.693. The highest BCUT2D eigenvalue weighted by atomic mass is 35.5. The SMILES string of the molecule is CC(C)(C)OC(=O)NCCCNc1cc(C(=O)O)c(Cl)cn1. The van der Waals surface area contributed by atoms with Crippen molar-refractivity contribution in [2.45, 2.75) is 32.8 Å². The molecule has 1 heterocycles. The third-order valence-corrected chi connectivity index (χ3v) is 2.71. The van der Waals surface area contributed by atoms with Gasteiger partial charge in [0.05, 0.1) is 10.6 Å². The molecule has 0 aromatic carbocycles. The largest absolute Gasteiger partial charge is 0.478 e. The van der Waals surface area contributed by atoms with Gasteiger partial charge in [0, 0.05) is 19.3 Å². The standard InChI is InChI=1S/C14H20ClN3O4/c1-14(2,3)22-13(21)17-6-4-5-16-11-7-9(12(19)20)10(15)8-18-11/h7-8H,4-6H2,1-3H3,(H,16,18)(H,17,21)(H,19,20). The van der Waals surface area contributed by atoms with Crippen LogP contribution >= 0.6 is 11.6 Å². The van der Waals surface area contributed by atoms with E-state index >= 15 is 0 Å². The van der Waals surface area contributed by atoms with Crippen molar-refractivity contribution in [2.24, 2.45) is 0 Å². The number of rotatable bonds is 6. The highest BCUT2D eigenvalue weighted by molar-refractivity contribution is 6.33. The summed E-state index contributed by atoms with van der Waals surface area (Å²) in [4.78, 5) is 26.3. The molecular formula is C14H20ClN3O4. The molecule has 0 aliphatic heterocycles. The van der Waals surface area contributed by atoms with Crippen LogP contribution in [0.1, 0.15) is 37.6 Å². The van der Waals surface area contributed by atoms with Crippen LogP contribution in [0.2, 0.25) is 5.02 Å². The van der Waals surface area contributed by atoms with Crippen LogP contribution in [0.3, 0.4) is 0 Å². The summed E-state index contributed by atoms with van der Waals surface area (Å²) in [7, 11) is 0.